The van der Waals surface area contributed by atoms with Crippen molar-refractivity contribution in [3.63, 3.8) is 0 Å². The molecular formula is C12H23N3O5. The van der Waals surface area contributed by atoms with Gasteiger partial charge < -0.3 is 14.5 Å². The second-order valence-corrected chi connectivity index (χ2v) is 5.72. The van der Waals surface area contributed by atoms with Crippen LogP contribution in [0.3, 0.4) is 0 Å². The molecule has 0 atom stereocenters. The second kappa shape index (κ2) is 7.28. The van der Waals surface area contributed by atoms with E-state index in [2.05, 4.69) is 9.74 Å². The number of piperazine rings is 1. The van der Waals surface area contributed by atoms with E-state index in [0.717, 1.165) is 19.6 Å². The fourth-order valence-corrected chi connectivity index (χ4v) is 1.91. The maximum atomic E-state index is 11.8. The van der Waals surface area contributed by atoms with Gasteiger partial charge in [-0.25, -0.2) is 4.79 Å². The van der Waals surface area contributed by atoms with E-state index < -0.39 is 10.7 Å². The van der Waals surface area contributed by atoms with E-state index in [-0.39, 0.29) is 12.7 Å². The SMILES string of the molecule is CC(C)(C)OC(=O)N1CCN(CCCO[N+](=O)[O-])CC1. The summed E-state index contributed by atoms with van der Waals surface area (Å²) in [6.45, 7) is 9.10. The molecule has 8 heteroatoms. The average Bonchev–Trinajstić information content (AvgIpc) is 2.33. The molecule has 0 saturated carbocycles. The summed E-state index contributed by atoms with van der Waals surface area (Å²) in [6, 6.07) is 0. The highest BCUT2D eigenvalue weighted by Crippen LogP contribution is 2.11. The van der Waals surface area contributed by atoms with E-state index in [4.69, 9.17) is 4.74 Å². The molecule has 0 radical (unpaired) electrons. The summed E-state index contributed by atoms with van der Waals surface area (Å²) in [5.74, 6) is 0. The van der Waals surface area contributed by atoms with Crippen LogP contribution in [0.4, 0.5) is 4.79 Å². The Labute approximate surface area is 118 Å². The summed E-state index contributed by atoms with van der Waals surface area (Å²) >= 11 is 0. The third-order valence-corrected chi connectivity index (χ3v) is 2.84. The number of amides is 1. The molecule has 20 heavy (non-hydrogen) atoms. The van der Waals surface area contributed by atoms with Crippen molar-refractivity contribution in [3.05, 3.63) is 10.1 Å². The molecule has 8 nitrogen and oxygen atoms in total. The maximum absolute atomic E-state index is 11.8. The van der Waals surface area contributed by atoms with Crippen molar-refractivity contribution in [3.8, 4) is 0 Å². The predicted molar refractivity (Wildman–Crippen MR) is 71.8 cm³/mol. The molecule has 1 aliphatic rings. The van der Waals surface area contributed by atoms with E-state index in [1.54, 1.807) is 4.90 Å². The van der Waals surface area contributed by atoms with Gasteiger partial charge in [-0.05, 0) is 27.2 Å². The number of hydrogen-bond acceptors (Lipinski definition) is 6. The van der Waals surface area contributed by atoms with Gasteiger partial charge in [0.05, 0.1) is 6.61 Å². The normalized spacial score (nSPS) is 16.9. The Balaban J connectivity index is 2.19. The van der Waals surface area contributed by atoms with E-state index in [1.165, 1.54) is 0 Å². The van der Waals surface area contributed by atoms with Crippen molar-refractivity contribution in [2.75, 3.05) is 39.3 Å². The minimum atomic E-state index is -0.777. The van der Waals surface area contributed by atoms with Crippen LogP contribution in [-0.4, -0.2) is 65.9 Å². The zero-order valence-corrected chi connectivity index (χ0v) is 12.3. The Morgan fingerprint density at radius 3 is 2.35 bits per heavy atom. The van der Waals surface area contributed by atoms with Gasteiger partial charge in [-0.15, -0.1) is 10.1 Å². The topological polar surface area (TPSA) is 85.2 Å². The van der Waals surface area contributed by atoms with Gasteiger partial charge in [0.1, 0.15) is 5.60 Å². The zero-order valence-electron chi connectivity index (χ0n) is 12.3. The molecule has 0 N–H and O–H groups in total. The highest BCUT2D eigenvalue weighted by Gasteiger charge is 2.25. The Bertz CT molecular complexity index is 334. The van der Waals surface area contributed by atoms with Crippen LogP contribution in [0, 0.1) is 10.1 Å². The van der Waals surface area contributed by atoms with E-state index in [1.807, 2.05) is 20.8 Å². The highest BCUT2D eigenvalue weighted by atomic mass is 16.9. The van der Waals surface area contributed by atoms with E-state index in [0.29, 0.717) is 19.5 Å². The molecule has 1 rings (SSSR count). The van der Waals surface area contributed by atoms with Crippen molar-refractivity contribution in [2.45, 2.75) is 32.8 Å². The van der Waals surface area contributed by atoms with E-state index >= 15 is 0 Å². The zero-order chi connectivity index (χ0) is 15.2. The lowest BCUT2D eigenvalue weighted by Crippen LogP contribution is -2.50. The largest absolute Gasteiger partial charge is 0.444 e. The monoisotopic (exact) mass is 289 g/mol. The first-order chi connectivity index (χ1) is 9.28. The molecular weight excluding hydrogens is 266 g/mol. The molecule has 0 aromatic carbocycles. The molecule has 1 aliphatic heterocycles. The molecule has 1 amide bonds. The Morgan fingerprint density at radius 2 is 1.85 bits per heavy atom. The fraction of sp³-hybridized carbons (Fsp3) is 0.917. The number of rotatable bonds is 5. The average molecular weight is 289 g/mol. The Kier molecular flexibility index (Phi) is 6.00. The first kappa shape index (κ1) is 16.5. The smallest absolute Gasteiger partial charge is 0.410 e. The summed E-state index contributed by atoms with van der Waals surface area (Å²) in [4.78, 5) is 29.9. The molecule has 116 valence electrons. The van der Waals surface area contributed by atoms with Gasteiger partial charge >= 0.3 is 6.09 Å². The van der Waals surface area contributed by atoms with Gasteiger partial charge in [0.2, 0.25) is 0 Å². The highest BCUT2D eigenvalue weighted by molar-refractivity contribution is 5.68. The first-order valence-electron chi connectivity index (χ1n) is 6.75. The minimum Gasteiger partial charge on any atom is -0.444 e. The summed E-state index contributed by atoms with van der Waals surface area (Å²) in [5, 5.41) is 9.22. The maximum Gasteiger partial charge on any atom is 0.410 e. The van der Waals surface area contributed by atoms with Gasteiger partial charge in [-0.1, -0.05) is 0 Å². The van der Waals surface area contributed by atoms with Crippen LogP contribution in [-0.2, 0) is 9.57 Å². The number of nitrogens with zero attached hydrogens (tertiary/aromatic N) is 3. The Morgan fingerprint density at radius 1 is 1.25 bits per heavy atom. The molecule has 1 heterocycles. The van der Waals surface area contributed by atoms with Crippen molar-refractivity contribution in [2.24, 2.45) is 0 Å². The molecule has 0 unspecified atom stereocenters. The third kappa shape index (κ3) is 6.55. The van der Waals surface area contributed by atoms with Gasteiger partial charge in [0.15, 0.2) is 0 Å². The molecule has 0 bridgehead atoms. The van der Waals surface area contributed by atoms with Crippen LogP contribution >= 0.6 is 0 Å². The van der Waals surface area contributed by atoms with Gasteiger partial charge in [-0.2, -0.15) is 0 Å². The number of hydrogen-bond donors (Lipinski definition) is 0. The first-order valence-corrected chi connectivity index (χ1v) is 6.75. The van der Waals surface area contributed by atoms with Gasteiger partial charge in [0.25, 0.3) is 5.09 Å². The second-order valence-electron chi connectivity index (χ2n) is 5.72. The predicted octanol–water partition coefficient (Wildman–Crippen LogP) is 1.14. The van der Waals surface area contributed by atoms with Crippen LogP contribution in [0.25, 0.3) is 0 Å². The summed E-state index contributed by atoms with van der Waals surface area (Å²) in [7, 11) is 0. The Hall–Kier alpha value is -1.57. The van der Waals surface area contributed by atoms with Crippen LogP contribution in [0.1, 0.15) is 27.2 Å². The van der Waals surface area contributed by atoms with Crippen molar-refractivity contribution in [1.82, 2.24) is 9.80 Å². The van der Waals surface area contributed by atoms with Crippen molar-refractivity contribution >= 4 is 6.09 Å². The lowest BCUT2D eigenvalue weighted by molar-refractivity contribution is -0.757. The lowest BCUT2D eigenvalue weighted by Gasteiger charge is -2.35. The molecule has 0 aromatic rings. The van der Waals surface area contributed by atoms with Crippen LogP contribution in [0.5, 0.6) is 0 Å². The number of carbonyl (C=O) groups is 1. The standard InChI is InChI=1S/C12H23N3O5/c1-12(2,3)20-11(16)14-8-6-13(7-9-14)5-4-10-19-15(17)18/h4-10H2,1-3H3. The van der Waals surface area contributed by atoms with Crippen molar-refractivity contribution < 1.29 is 19.5 Å². The molecule has 1 saturated heterocycles. The molecule has 0 aliphatic carbocycles. The van der Waals surface area contributed by atoms with Gasteiger partial charge in [-0.3, -0.25) is 4.90 Å². The van der Waals surface area contributed by atoms with E-state index in [9.17, 15) is 14.9 Å². The van der Waals surface area contributed by atoms with Crippen LogP contribution in [0.15, 0.2) is 0 Å². The summed E-state index contributed by atoms with van der Waals surface area (Å²) < 4.78 is 5.31. The van der Waals surface area contributed by atoms with Gasteiger partial charge in [0, 0.05) is 32.7 Å². The lowest BCUT2D eigenvalue weighted by atomic mass is 10.2. The quantitative estimate of drug-likeness (QED) is 0.428. The molecule has 1 fully saturated rings. The molecule has 0 aromatic heterocycles. The minimum absolute atomic E-state index is 0.110. The number of ether oxygens (including phenoxy) is 1. The molecule has 0 spiro atoms. The fourth-order valence-electron chi connectivity index (χ4n) is 1.91. The third-order valence-electron chi connectivity index (χ3n) is 2.84. The number of carbonyl (C=O) groups excluding carboxylic acids is 1. The van der Waals surface area contributed by atoms with Crippen molar-refractivity contribution in [1.29, 1.82) is 0 Å². The summed E-state index contributed by atoms with van der Waals surface area (Å²) in [5.41, 5.74) is -0.478. The van der Waals surface area contributed by atoms with Crippen LogP contribution < -0.4 is 0 Å². The van der Waals surface area contributed by atoms with Crippen LogP contribution in [0.2, 0.25) is 0 Å². The summed E-state index contributed by atoms with van der Waals surface area (Å²) in [6.07, 6.45) is 0.321.